The molecule has 0 saturated carbocycles. The zero-order valence-corrected chi connectivity index (χ0v) is 8.83. The molecule has 0 saturated heterocycles. The molecule has 0 radical (unpaired) electrons. The Hall–Kier alpha value is -1.05. The molecule has 14 heavy (non-hydrogen) atoms. The van der Waals surface area contributed by atoms with Crippen molar-refractivity contribution in [2.75, 3.05) is 6.54 Å². The van der Waals surface area contributed by atoms with Gasteiger partial charge in [0.25, 0.3) is 0 Å². The third-order valence-electron chi connectivity index (χ3n) is 2.38. The molecule has 78 valence electrons. The molecule has 2 nitrogen and oxygen atoms in total. The van der Waals surface area contributed by atoms with Crippen LogP contribution in [-0.2, 0) is 4.79 Å². The Balaban J connectivity index is 2.00. The zero-order chi connectivity index (χ0) is 10.2. The maximum atomic E-state index is 11.2. The summed E-state index contributed by atoms with van der Waals surface area (Å²) >= 11 is 0. The van der Waals surface area contributed by atoms with Crippen LogP contribution in [-0.4, -0.2) is 12.5 Å². The third kappa shape index (κ3) is 4.26. The van der Waals surface area contributed by atoms with Gasteiger partial charge in [-0.3, -0.25) is 4.79 Å². The molecule has 0 bridgehead atoms. The molecule has 1 amide bonds. The summed E-state index contributed by atoms with van der Waals surface area (Å²) in [5, 5.41) is 2.94. The van der Waals surface area contributed by atoms with E-state index in [4.69, 9.17) is 0 Å². The zero-order valence-electron chi connectivity index (χ0n) is 8.83. The van der Waals surface area contributed by atoms with Crippen molar-refractivity contribution in [2.24, 2.45) is 5.92 Å². The molecular formula is C12H19NO. The minimum atomic E-state index is 0.192. The number of allylic oxidation sites excluding steroid dienone is 4. The van der Waals surface area contributed by atoms with Crippen molar-refractivity contribution in [1.29, 1.82) is 0 Å². The maximum absolute atomic E-state index is 11.2. The predicted molar refractivity (Wildman–Crippen MR) is 58.9 cm³/mol. The lowest BCUT2D eigenvalue weighted by Gasteiger charge is -2.06. The first-order chi connectivity index (χ1) is 6.83. The van der Waals surface area contributed by atoms with Gasteiger partial charge in [-0.15, -0.1) is 0 Å². The topological polar surface area (TPSA) is 29.1 Å². The highest BCUT2D eigenvalue weighted by molar-refractivity contribution is 5.75. The van der Waals surface area contributed by atoms with Gasteiger partial charge in [0.2, 0.25) is 5.91 Å². The SMILES string of the molecule is CCCCC(=O)NCCC1C=CC=C1. The molecule has 0 aromatic rings. The largest absolute Gasteiger partial charge is 0.356 e. The number of amides is 1. The second-order valence-corrected chi connectivity index (χ2v) is 3.68. The van der Waals surface area contributed by atoms with Crippen molar-refractivity contribution in [2.45, 2.75) is 32.6 Å². The van der Waals surface area contributed by atoms with Crippen LogP contribution in [0.15, 0.2) is 24.3 Å². The van der Waals surface area contributed by atoms with Crippen molar-refractivity contribution in [3.63, 3.8) is 0 Å². The smallest absolute Gasteiger partial charge is 0.219 e. The van der Waals surface area contributed by atoms with Gasteiger partial charge in [-0.2, -0.15) is 0 Å². The molecule has 1 aliphatic rings. The van der Waals surface area contributed by atoms with E-state index < -0.39 is 0 Å². The van der Waals surface area contributed by atoms with Crippen molar-refractivity contribution in [3.05, 3.63) is 24.3 Å². The summed E-state index contributed by atoms with van der Waals surface area (Å²) in [6.07, 6.45) is 12.2. The molecule has 0 heterocycles. The molecule has 2 heteroatoms. The van der Waals surface area contributed by atoms with Crippen molar-refractivity contribution >= 4 is 5.91 Å². The lowest BCUT2D eigenvalue weighted by Crippen LogP contribution is -2.24. The van der Waals surface area contributed by atoms with Crippen LogP contribution in [0.5, 0.6) is 0 Å². The van der Waals surface area contributed by atoms with Crippen LogP contribution in [0.3, 0.4) is 0 Å². The highest BCUT2D eigenvalue weighted by Gasteiger charge is 2.04. The minimum Gasteiger partial charge on any atom is -0.356 e. The fourth-order valence-corrected chi connectivity index (χ4v) is 1.47. The Kier molecular flexibility index (Phi) is 5.05. The Morgan fingerprint density at radius 1 is 1.36 bits per heavy atom. The normalized spacial score (nSPS) is 14.9. The van der Waals surface area contributed by atoms with Gasteiger partial charge in [-0.05, 0) is 18.8 Å². The number of unbranched alkanes of at least 4 members (excludes halogenated alkanes) is 1. The Morgan fingerprint density at radius 2 is 2.07 bits per heavy atom. The highest BCUT2D eigenvalue weighted by Crippen LogP contribution is 2.11. The van der Waals surface area contributed by atoms with Crippen molar-refractivity contribution < 1.29 is 4.79 Å². The molecule has 0 fully saturated rings. The summed E-state index contributed by atoms with van der Waals surface area (Å²) < 4.78 is 0. The van der Waals surface area contributed by atoms with Crippen LogP contribution >= 0.6 is 0 Å². The summed E-state index contributed by atoms with van der Waals surface area (Å²) in [6, 6.07) is 0. The molecule has 0 aromatic carbocycles. The first-order valence-electron chi connectivity index (χ1n) is 5.44. The second kappa shape index (κ2) is 6.41. The Bertz CT molecular complexity index is 218. The van der Waals surface area contributed by atoms with Gasteiger partial charge in [0, 0.05) is 13.0 Å². The summed E-state index contributed by atoms with van der Waals surface area (Å²) in [5.41, 5.74) is 0. The standard InChI is InChI=1S/C12H19NO/c1-2-3-8-12(14)13-10-9-11-6-4-5-7-11/h4-7,11H,2-3,8-10H2,1H3,(H,13,14). The van der Waals surface area contributed by atoms with Crippen molar-refractivity contribution in [1.82, 2.24) is 5.32 Å². The van der Waals surface area contributed by atoms with Crippen LogP contribution in [0, 0.1) is 5.92 Å². The molecule has 0 aromatic heterocycles. The average Bonchev–Trinajstić information content (AvgIpc) is 2.67. The van der Waals surface area contributed by atoms with Gasteiger partial charge in [-0.25, -0.2) is 0 Å². The highest BCUT2D eigenvalue weighted by atomic mass is 16.1. The summed E-state index contributed by atoms with van der Waals surface area (Å²) in [4.78, 5) is 11.2. The molecular weight excluding hydrogens is 174 g/mol. The number of carbonyl (C=O) groups is 1. The van der Waals surface area contributed by atoms with E-state index in [0.717, 1.165) is 25.8 Å². The number of hydrogen-bond donors (Lipinski definition) is 1. The Labute approximate surface area is 86.1 Å². The summed E-state index contributed by atoms with van der Waals surface area (Å²) in [5.74, 6) is 0.722. The molecule has 0 spiro atoms. The first-order valence-corrected chi connectivity index (χ1v) is 5.44. The van der Waals surface area contributed by atoms with E-state index in [9.17, 15) is 4.79 Å². The average molecular weight is 193 g/mol. The molecule has 1 aliphatic carbocycles. The van der Waals surface area contributed by atoms with E-state index in [1.165, 1.54) is 0 Å². The van der Waals surface area contributed by atoms with Gasteiger partial charge in [0.05, 0.1) is 0 Å². The number of carbonyl (C=O) groups excluding carboxylic acids is 1. The Morgan fingerprint density at radius 3 is 2.71 bits per heavy atom. The number of hydrogen-bond acceptors (Lipinski definition) is 1. The quantitative estimate of drug-likeness (QED) is 0.689. The van der Waals surface area contributed by atoms with E-state index in [1.54, 1.807) is 0 Å². The van der Waals surface area contributed by atoms with Crippen LogP contribution in [0.1, 0.15) is 32.6 Å². The molecule has 1 rings (SSSR count). The van der Waals surface area contributed by atoms with E-state index in [0.29, 0.717) is 12.3 Å². The molecule has 0 atom stereocenters. The lowest BCUT2D eigenvalue weighted by molar-refractivity contribution is -0.121. The monoisotopic (exact) mass is 193 g/mol. The van der Waals surface area contributed by atoms with Gasteiger partial charge < -0.3 is 5.32 Å². The van der Waals surface area contributed by atoms with E-state index in [2.05, 4.69) is 36.5 Å². The van der Waals surface area contributed by atoms with Crippen LogP contribution in [0.25, 0.3) is 0 Å². The summed E-state index contributed by atoms with van der Waals surface area (Å²) in [6.45, 7) is 2.89. The van der Waals surface area contributed by atoms with E-state index >= 15 is 0 Å². The van der Waals surface area contributed by atoms with Crippen LogP contribution in [0.2, 0.25) is 0 Å². The predicted octanol–water partition coefficient (Wildman–Crippen LogP) is 2.43. The van der Waals surface area contributed by atoms with Gasteiger partial charge >= 0.3 is 0 Å². The lowest BCUT2D eigenvalue weighted by atomic mass is 10.1. The van der Waals surface area contributed by atoms with E-state index in [-0.39, 0.29) is 5.91 Å². The molecule has 0 unspecified atom stereocenters. The van der Waals surface area contributed by atoms with Gasteiger partial charge in [-0.1, -0.05) is 37.6 Å². The van der Waals surface area contributed by atoms with Gasteiger partial charge in [0.1, 0.15) is 0 Å². The van der Waals surface area contributed by atoms with Crippen LogP contribution in [0.4, 0.5) is 0 Å². The fourth-order valence-electron chi connectivity index (χ4n) is 1.47. The van der Waals surface area contributed by atoms with Gasteiger partial charge in [0.15, 0.2) is 0 Å². The van der Waals surface area contributed by atoms with E-state index in [1.807, 2.05) is 0 Å². The second-order valence-electron chi connectivity index (χ2n) is 3.68. The first kappa shape index (κ1) is 11.0. The summed E-state index contributed by atoms with van der Waals surface area (Å²) in [7, 11) is 0. The molecule has 1 N–H and O–H groups in total. The number of rotatable bonds is 6. The molecule has 0 aliphatic heterocycles. The minimum absolute atomic E-state index is 0.192. The fraction of sp³-hybridized carbons (Fsp3) is 0.583. The maximum Gasteiger partial charge on any atom is 0.219 e. The number of nitrogens with one attached hydrogen (secondary N) is 1. The van der Waals surface area contributed by atoms with Crippen LogP contribution < -0.4 is 5.32 Å². The van der Waals surface area contributed by atoms with Crippen molar-refractivity contribution in [3.8, 4) is 0 Å². The third-order valence-corrected chi connectivity index (χ3v) is 2.38.